The first-order chi connectivity index (χ1) is 9.06. The van der Waals surface area contributed by atoms with Crippen LogP contribution in [0, 0.1) is 0 Å². The molecule has 3 heteroatoms. The normalized spacial score (nSPS) is 12.5. The third kappa shape index (κ3) is 3.55. The number of pyridine rings is 1. The molecule has 1 aromatic carbocycles. The van der Waals surface area contributed by atoms with Crippen molar-refractivity contribution in [2.24, 2.45) is 0 Å². The largest absolute Gasteiger partial charge is 0.439 e. The van der Waals surface area contributed by atoms with Crippen LogP contribution in [0.5, 0.6) is 11.6 Å². The van der Waals surface area contributed by atoms with Crippen molar-refractivity contribution in [1.29, 1.82) is 0 Å². The second kappa shape index (κ2) is 5.85. The predicted octanol–water partition coefficient (Wildman–Crippen LogP) is 4.05. The van der Waals surface area contributed by atoms with Crippen LogP contribution in [-0.4, -0.2) is 10.1 Å². The zero-order chi connectivity index (χ0) is 13.8. The summed E-state index contributed by atoms with van der Waals surface area (Å²) in [5.41, 5.74) is 2.02. The minimum absolute atomic E-state index is 0.467. The average Bonchev–Trinajstić information content (AvgIpc) is 2.39. The van der Waals surface area contributed by atoms with E-state index in [1.165, 1.54) is 5.56 Å². The van der Waals surface area contributed by atoms with Gasteiger partial charge in [-0.05, 0) is 42.2 Å². The lowest BCUT2D eigenvalue weighted by molar-refractivity contribution is 0.198. The van der Waals surface area contributed by atoms with Crippen LogP contribution >= 0.6 is 0 Å². The molecular formula is C16H19NO2. The highest BCUT2D eigenvalue weighted by Crippen LogP contribution is 2.24. The van der Waals surface area contributed by atoms with E-state index >= 15 is 0 Å². The van der Waals surface area contributed by atoms with E-state index in [1.807, 2.05) is 24.3 Å². The molecule has 0 fully saturated rings. The van der Waals surface area contributed by atoms with Crippen LogP contribution in [0.3, 0.4) is 0 Å². The fraction of sp³-hybridized carbons (Fsp3) is 0.312. The van der Waals surface area contributed by atoms with Gasteiger partial charge in [0.2, 0.25) is 5.88 Å². The Labute approximate surface area is 113 Å². The molecule has 0 aliphatic heterocycles. The molecule has 0 aliphatic rings. The SMILES string of the molecule is CC(C)c1cccc(Oc2ccc([C@@H](C)O)cn2)c1. The Hall–Kier alpha value is -1.87. The number of nitrogens with zero attached hydrogens (tertiary/aromatic N) is 1. The topological polar surface area (TPSA) is 42.4 Å². The van der Waals surface area contributed by atoms with Gasteiger partial charge in [0.1, 0.15) is 5.75 Å². The Morgan fingerprint density at radius 3 is 2.42 bits per heavy atom. The van der Waals surface area contributed by atoms with Gasteiger partial charge in [0, 0.05) is 12.3 Å². The van der Waals surface area contributed by atoms with E-state index in [2.05, 4.69) is 24.9 Å². The maximum atomic E-state index is 9.42. The van der Waals surface area contributed by atoms with Crippen LogP contribution in [0.1, 0.15) is 43.9 Å². The molecule has 100 valence electrons. The van der Waals surface area contributed by atoms with Gasteiger partial charge in [0.25, 0.3) is 0 Å². The Morgan fingerprint density at radius 2 is 1.84 bits per heavy atom. The molecule has 0 radical (unpaired) electrons. The van der Waals surface area contributed by atoms with Crippen LogP contribution in [0.15, 0.2) is 42.6 Å². The lowest BCUT2D eigenvalue weighted by atomic mass is 10.0. The Balaban J connectivity index is 2.14. The van der Waals surface area contributed by atoms with E-state index in [9.17, 15) is 5.11 Å². The molecule has 1 heterocycles. The molecule has 2 rings (SSSR count). The number of hydrogen-bond donors (Lipinski definition) is 1. The lowest BCUT2D eigenvalue weighted by Crippen LogP contribution is -1.94. The van der Waals surface area contributed by atoms with Gasteiger partial charge in [-0.3, -0.25) is 0 Å². The van der Waals surface area contributed by atoms with Gasteiger partial charge in [-0.1, -0.05) is 26.0 Å². The molecule has 1 atom stereocenters. The summed E-state index contributed by atoms with van der Waals surface area (Å²) in [4.78, 5) is 4.19. The molecule has 1 N–H and O–H groups in total. The number of benzene rings is 1. The van der Waals surface area contributed by atoms with Crippen molar-refractivity contribution in [2.45, 2.75) is 32.8 Å². The molecule has 0 spiro atoms. The van der Waals surface area contributed by atoms with Gasteiger partial charge in [-0.25, -0.2) is 4.98 Å². The van der Waals surface area contributed by atoms with Gasteiger partial charge < -0.3 is 9.84 Å². The summed E-state index contributed by atoms with van der Waals surface area (Å²) in [5, 5.41) is 9.42. The van der Waals surface area contributed by atoms with Crippen LogP contribution < -0.4 is 4.74 Å². The summed E-state index contributed by atoms with van der Waals surface area (Å²) in [6.07, 6.45) is 1.12. The number of aromatic nitrogens is 1. The predicted molar refractivity (Wildman–Crippen MR) is 75.5 cm³/mol. The highest BCUT2D eigenvalue weighted by Gasteiger charge is 2.05. The summed E-state index contributed by atoms with van der Waals surface area (Å²) >= 11 is 0. The zero-order valence-electron chi connectivity index (χ0n) is 11.5. The van der Waals surface area contributed by atoms with Crippen molar-refractivity contribution in [3.8, 4) is 11.6 Å². The van der Waals surface area contributed by atoms with Crippen LogP contribution in [0.4, 0.5) is 0 Å². The number of aliphatic hydroxyl groups excluding tert-OH is 1. The van der Waals surface area contributed by atoms with Gasteiger partial charge in [-0.15, -0.1) is 0 Å². The summed E-state index contributed by atoms with van der Waals surface area (Å²) < 4.78 is 5.71. The van der Waals surface area contributed by atoms with Gasteiger partial charge in [0.05, 0.1) is 6.10 Å². The molecular weight excluding hydrogens is 238 g/mol. The van der Waals surface area contributed by atoms with Crippen LogP contribution in [-0.2, 0) is 0 Å². The van der Waals surface area contributed by atoms with E-state index in [4.69, 9.17) is 4.74 Å². The molecule has 1 aromatic heterocycles. The third-order valence-corrected chi connectivity index (χ3v) is 2.99. The fourth-order valence-electron chi connectivity index (χ4n) is 1.76. The quantitative estimate of drug-likeness (QED) is 0.898. The molecule has 0 saturated carbocycles. The summed E-state index contributed by atoms with van der Waals surface area (Å²) in [7, 11) is 0. The third-order valence-electron chi connectivity index (χ3n) is 2.99. The first-order valence-electron chi connectivity index (χ1n) is 6.48. The lowest BCUT2D eigenvalue weighted by Gasteiger charge is -2.10. The second-order valence-corrected chi connectivity index (χ2v) is 4.93. The Bertz CT molecular complexity index is 533. The number of ether oxygens (including phenoxy) is 1. The highest BCUT2D eigenvalue weighted by atomic mass is 16.5. The zero-order valence-corrected chi connectivity index (χ0v) is 11.5. The monoisotopic (exact) mass is 257 g/mol. The minimum atomic E-state index is -0.509. The molecule has 0 bridgehead atoms. The molecule has 2 aromatic rings. The maximum Gasteiger partial charge on any atom is 0.219 e. The van der Waals surface area contributed by atoms with Crippen molar-refractivity contribution in [1.82, 2.24) is 4.98 Å². The Morgan fingerprint density at radius 1 is 1.05 bits per heavy atom. The standard InChI is InChI=1S/C16H19NO2/c1-11(2)13-5-4-6-15(9-13)19-16-8-7-14(10-17-16)12(3)18/h4-12,18H,1-3H3/t12-/m1/s1. The minimum Gasteiger partial charge on any atom is -0.439 e. The first kappa shape index (κ1) is 13.6. The molecule has 3 nitrogen and oxygen atoms in total. The molecule has 0 amide bonds. The van der Waals surface area contributed by atoms with E-state index in [0.717, 1.165) is 11.3 Å². The van der Waals surface area contributed by atoms with Crippen LogP contribution in [0.25, 0.3) is 0 Å². The number of aliphatic hydroxyl groups is 1. The van der Waals surface area contributed by atoms with Gasteiger partial charge in [0.15, 0.2) is 0 Å². The second-order valence-electron chi connectivity index (χ2n) is 4.93. The van der Waals surface area contributed by atoms with Crippen molar-refractivity contribution < 1.29 is 9.84 Å². The van der Waals surface area contributed by atoms with Gasteiger partial charge in [-0.2, -0.15) is 0 Å². The first-order valence-corrected chi connectivity index (χ1v) is 6.48. The van der Waals surface area contributed by atoms with E-state index in [-0.39, 0.29) is 0 Å². The van der Waals surface area contributed by atoms with Crippen molar-refractivity contribution in [3.63, 3.8) is 0 Å². The van der Waals surface area contributed by atoms with Crippen molar-refractivity contribution in [3.05, 3.63) is 53.7 Å². The smallest absolute Gasteiger partial charge is 0.219 e. The average molecular weight is 257 g/mol. The van der Waals surface area contributed by atoms with E-state index < -0.39 is 6.10 Å². The molecule has 0 unspecified atom stereocenters. The summed E-state index contributed by atoms with van der Waals surface area (Å²) in [6.45, 7) is 6.01. The highest BCUT2D eigenvalue weighted by molar-refractivity contribution is 5.33. The molecule has 19 heavy (non-hydrogen) atoms. The van der Waals surface area contributed by atoms with Crippen molar-refractivity contribution >= 4 is 0 Å². The summed E-state index contributed by atoms with van der Waals surface area (Å²) in [6, 6.07) is 11.6. The molecule has 0 aliphatic carbocycles. The van der Waals surface area contributed by atoms with E-state index in [1.54, 1.807) is 19.2 Å². The van der Waals surface area contributed by atoms with Gasteiger partial charge >= 0.3 is 0 Å². The fourth-order valence-corrected chi connectivity index (χ4v) is 1.76. The van der Waals surface area contributed by atoms with E-state index in [0.29, 0.717) is 11.8 Å². The van der Waals surface area contributed by atoms with Crippen LogP contribution in [0.2, 0.25) is 0 Å². The summed E-state index contributed by atoms with van der Waals surface area (Å²) in [5.74, 6) is 1.78. The Kier molecular flexibility index (Phi) is 4.17. The number of hydrogen-bond acceptors (Lipinski definition) is 3. The number of rotatable bonds is 4. The molecule has 0 saturated heterocycles. The maximum absolute atomic E-state index is 9.42. The van der Waals surface area contributed by atoms with Crippen molar-refractivity contribution in [2.75, 3.05) is 0 Å².